The fraction of sp³-hybridized carbons (Fsp3) is 0. The minimum Gasteiger partial charge on any atom is -0.545 e. The zero-order valence-electron chi connectivity index (χ0n) is 11.2. The molecule has 0 fully saturated rings. The Balaban J connectivity index is 1.81. The summed E-state index contributed by atoms with van der Waals surface area (Å²) < 4.78 is 12.9. The van der Waals surface area contributed by atoms with Gasteiger partial charge in [0.2, 0.25) is 0 Å². The van der Waals surface area contributed by atoms with Crippen molar-refractivity contribution in [3.8, 4) is 11.3 Å². The normalized spacial score (nSPS) is 10.4. The number of aromatic nitrogens is 1. The van der Waals surface area contributed by atoms with Crippen LogP contribution in [-0.4, -0.2) is 11.0 Å². The van der Waals surface area contributed by atoms with Crippen molar-refractivity contribution >= 4 is 28.1 Å². The summed E-state index contributed by atoms with van der Waals surface area (Å²) >= 11 is 1.38. The lowest BCUT2D eigenvalue weighted by Gasteiger charge is -2.06. The number of anilines is 2. The summed E-state index contributed by atoms with van der Waals surface area (Å²) in [6, 6.07) is 12.4. The van der Waals surface area contributed by atoms with Gasteiger partial charge in [0, 0.05) is 16.6 Å². The van der Waals surface area contributed by atoms with Gasteiger partial charge in [-0.25, -0.2) is 9.37 Å². The molecule has 110 valence electrons. The Kier molecular flexibility index (Phi) is 3.84. The van der Waals surface area contributed by atoms with Gasteiger partial charge in [-0.15, -0.1) is 11.3 Å². The van der Waals surface area contributed by atoms with Crippen LogP contribution in [0, 0.1) is 5.82 Å². The monoisotopic (exact) mass is 313 g/mol. The molecular weight excluding hydrogens is 303 g/mol. The van der Waals surface area contributed by atoms with E-state index in [0.29, 0.717) is 10.8 Å². The molecule has 3 aromatic rings. The molecule has 22 heavy (non-hydrogen) atoms. The topological polar surface area (TPSA) is 65.0 Å². The van der Waals surface area contributed by atoms with Gasteiger partial charge in [-0.1, -0.05) is 12.1 Å². The van der Waals surface area contributed by atoms with Crippen LogP contribution in [-0.2, 0) is 0 Å². The second-order valence-electron chi connectivity index (χ2n) is 4.54. The highest BCUT2D eigenvalue weighted by atomic mass is 32.1. The third-order valence-corrected chi connectivity index (χ3v) is 3.75. The van der Waals surface area contributed by atoms with Gasteiger partial charge in [-0.2, -0.15) is 0 Å². The Labute approximate surface area is 129 Å². The summed E-state index contributed by atoms with van der Waals surface area (Å²) in [6.45, 7) is 0. The third kappa shape index (κ3) is 3.12. The first kappa shape index (κ1) is 14.2. The first-order valence-corrected chi connectivity index (χ1v) is 7.30. The average Bonchev–Trinajstić information content (AvgIpc) is 2.96. The van der Waals surface area contributed by atoms with Crippen molar-refractivity contribution in [3.05, 3.63) is 65.3 Å². The summed E-state index contributed by atoms with van der Waals surface area (Å²) in [5, 5.41) is 16.3. The van der Waals surface area contributed by atoms with Gasteiger partial charge in [-0.05, 0) is 42.0 Å². The Morgan fingerprint density at radius 2 is 1.95 bits per heavy atom. The van der Waals surface area contributed by atoms with Crippen molar-refractivity contribution in [3.63, 3.8) is 0 Å². The maximum atomic E-state index is 12.9. The first-order chi connectivity index (χ1) is 10.6. The summed E-state index contributed by atoms with van der Waals surface area (Å²) in [6.07, 6.45) is 0. The highest BCUT2D eigenvalue weighted by Crippen LogP contribution is 2.27. The van der Waals surface area contributed by atoms with Crippen molar-refractivity contribution in [1.29, 1.82) is 0 Å². The molecule has 0 radical (unpaired) electrons. The molecule has 1 heterocycles. The van der Waals surface area contributed by atoms with E-state index in [2.05, 4.69) is 10.3 Å². The number of carboxylic acid groups (broad SMARTS) is 1. The molecule has 0 spiro atoms. The van der Waals surface area contributed by atoms with E-state index in [-0.39, 0.29) is 11.4 Å². The number of rotatable bonds is 4. The van der Waals surface area contributed by atoms with E-state index in [1.54, 1.807) is 24.3 Å². The fourth-order valence-corrected chi connectivity index (χ4v) is 2.67. The largest absolute Gasteiger partial charge is 0.545 e. The van der Waals surface area contributed by atoms with Gasteiger partial charge in [0.25, 0.3) is 0 Å². The highest BCUT2D eigenvalue weighted by molar-refractivity contribution is 7.14. The molecule has 0 bridgehead atoms. The van der Waals surface area contributed by atoms with E-state index in [0.717, 1.165) is 11.3 Å². The number of carbonyl (C=O) groups excluding carboxylic acids is 1. The Morgan fingerprint density at radius 3 is 2.68 bits per heavy atom. The maximum Gasteiger partial charge on any atom is 0.187 e. The van der Waals surface area contributed by atoms with Crippen LogP contribution in [0.15, 0.2) is 53.9 Å². The molecule has 0 unspecified atom stereocenters. The Morgan fingerprint density at radius 1 is 1.18 bits per heavy atom. The van der Waals surface area contributed by atoms with Crippen molar-refractivity contribution in [2.45, 2.75) is 0 Å². The second kappa shape index (κ2) is 5.95. The lowest BCUT2D eigenvalue weighted by atomic mass is 10.2. The van der Waals surface area contributed by atoms with E-state index in [4.69, 9.17) is 0 Å². The molecule has 0 aliphatic rings. The molecule has 1 aromatic heterocycles. The maximum absolute atomic E-state index is 12.9. The molecule has 0 aliphatic heterocycles. The van der Waals surface area contributed by atoms with Crippen molar-refractivity contribution in [2.75, 3.05) is 5.32 Å². The van der Waals surface area contributed by atoms with Crippen LogP contribution in [0.3, 0.4) is 0 Å². The summed E-state index contributed by atoms with van der Waals surface area (Å²) in [4.78, 5) is 15.2. The molecule has 4 nitrogen and oxygen atoms in total. The summed E-state index contributed by atoms with van der Waals surface area (Å²) in [5.74, 6) is -1.52. The number of nitrogens with zero attached hydrogens (tertiary/aromatic N) is 1. The molecule has 0 aliphatic carbocycles. The van der Waals surface area contributed by atoms with Gasteiger partial charge in [0.05, 0.1) is 11.7 Å². The van der Waals surface area contributed by atoms with Crippen LogP contribution in [0.2, 0.25) is 0 Å². The molecular formula is C16H10FN2O2S-. The average molecular weight is 313 g/mol. The van der Waals surface area contributed by atoms with E-state index in [1.165, 1.54) is 35.6 Å². The van der Waals surface area contributed by atoms with Crippen LogP contribution in [0.25, 0.3) is 11.3 Å². The number of benzene rings is 2. The number of hydrogen-bond donors (Lipinski definition) is 1. The summed E-state index contributed by atoms with van der Waals surface area (Å²) in [5.41, 5.74) is 2.25. The van der Waals surface area contributed by atoms with Crippen molar-refractivity contribution in [1.82, 2.24) is 4.98 Å². The number of nitrogens with one attached hydrogen (secondary N) is 1. The molecule has 2 aromatic carbocycles. The van der Waals surface area contributed by atoms with Crippen LogP contribution >= 0.6 is 11.3 Å². The standard InChI is InChI=1S/C16H11FN2O2S/c17-12-6-4-10(5-7-12)14-9-22-16(19-14)18-13-3-1-2-11(8-13)15(20)21/h1-9H,(H,18,19)(H,20,21)/p-1. The zero-order chi connectivity index (χ0) is 15.5. The second-order valence-corrected chi connectivity index (χ2v) is 5.40. The van der Waals surface area contributed by atoms with E-state index in [9.17, 15) is 14.3 Å². The third-order valence-electron chi connectivity index (χ3n) is 2.99. The number of carbonyl (C=O) groups is 1. The number of aromatic carboxylic acids is 1. The molecule has 1 N–H and O–H groups in total. The van der Waals surface area contributed by atoms with E-state index in [1.807, 2.05) is 5.38 Å². The van der Waals surface area contributed by atoms with Gasteiger partial charge in [-0.3, -0.25) is 0 Å². The van der Waals surface area contributed by atoms with Crippen LogP contribution < -0.4 is 10.4 Å². The SMILES string of the molecule is O=C([O-])c1cccc(Nc2nc(-c3ccc(F)cc3)cs2)c1. The predicted octanol–water partition coefficient (Wildman–Crippen LogP) is 3.06. The first-order valence-electron chi connectivity index (χ1n) is 6.42. The molecule has 0 amide bonds. The molecule has 3 rings (SSSR count). The lowest BCUT2D eigenvalue weighted by Crippen LogP contribution is -2.22. The molecule has 6 heteroatoms. The number of thiazole rings is 1. The molecule has 0 atom stereocenters. The zero-order valence-corrected chi connectivity index (χ0v) is 12.1. The minimum atomic E-state index is -1.23. The predicted molar refractivity (Wildman–Crippen MR) is 81.6 cm³/mol. The van der Waals surface area contributed by atoms with Crippen molar-refractivity contribution in [2.24, 2.45) is 0 Å². The highest BCUT2D eigenvalue weighted by Gasteiger charge is 2.05. The van der Waals surface area contributed by atoms with E-state index < -0.39 is 5.97 Å². The van der Waals surface area contributed by atoms with Gasteiger partial charge >= 0.3 is 0 Å². The van der Waals surface area contributed by atoms with E-state index >= 15 is 0 Å². The Hall–Kier alpha value is -2.73. The van der Waals surface area contributed by atoms with Crippen LogP contribution in [0.5, 0.6) is 0 Å². The lowest BCUT2D eigenvalue weighted by molar-refractivity contribution is -0.255. The number of hydrogen-bond acceptors (Lipinski definition) is 5. The fourth-order valence-electron chi connectivity index (χ4n) is 1.93. The molecule has 0 saturated heterocycles. The molecule has 0 saturated carbocycles. The minimum absolute atomic E-state index is 0.0975. The van der Waals surface area contributed by atoms with Crippen molar-refractivity contribution < 1.29 is 14.3 Å². The quantitative estimate of drug-likeness (QED) is 0.804. The van der Waals surface area contributed by atoms with Crippen LogP contribution in [0.1, 0.15) is 10.4 Å². The van der Waals surface area contributed by atoms with Gasteiger partial charge in [0.1, 0.15) is 5.82 Å². The smallest absolute Gasteiger partial charge is 0.187 e. The summed E-state index contributed by atoms with van der Waals surface area (Å²) in [7, 11) is 0. The number of carboxylic acids is 1. The number of halogens is 1. The van der Waals surface area contributed by atoms with Gasteiger partial charge in [0.15, 0.2) is 5.13 Å². The van der Waals surface area contributed by atoms with Crippen LogP contribution in [0.4, 0.5) is 15.2 Å². The Bertz CT molecular complexity index is 815. The van der Waals surface area contributed by atoms with Gasteiger partial charge < -0.3 is 15.2 Å².